The minimum atomic E-state index is -4.97. The molecule has 0 aromatic carbocycles. The zero-order chi connectivity index (χ0) is 80.0. The first kappa shape index (κ1) is 107. The van der Waals surface area contributed by atoms with Crippen molar-refractivity contribution in [2.24, 2.45) is 17.8 Å². The van der Waals surface area contributed by atoms with E-state index >= 15 is 0 Å². The lowest BCUT2D eigenvalue weighted by Crippen LogP contribution is -2.30. The van der Waals surface area contributed by atoms with Crippen molar-refractivity contribution in [3.05, 3.63) is 0 Å². The van der Waals surface area contributed by atoms with Crippen LogP contribution in [-0.2, 0) is 65.4 Å². The van der Waals surface area contributed by atoms with Gasteiger partial charge in [-0.1, -0.05) is 427 Å². The number of aliphatic hydroxyl groups is 1. The summed E-state index contributed by atoms with van der Waals surface area (Å²) in [7, 11) is -9.93. The highest BCUT2D eigenvalue weighted by Gasteiger charge is 2.31. The molecule has 0 spiro atoms. The number of aliphatic hydroxyl groups excluding tert-OH is 1. The molecule has 0 rings (SSSR count). The molecule has 19 heteroatoms. The largest absolute Gasteiger partial charge is 0.472 e. The summed E-state index contributed by atoms with van der Waals surface area (Å²) in [5, 5.41) is 10.7. The van der Waals surface area contributed by atoms with Crippen LogP contribution in [0.25, 0.3) is 0 Å². The van der Waals surface area contributed by atoms with Gasteiger partial charge in [0, 0.05) is 25.7 Å². The topological polar surface area (TPSA) is 237 Å². The van der Waals surface area contributed by atoms with Gasteiger partial charge in [0.1, 0.15) is 19.3 Å². The summed E-state index contributed by atoms with van der Waals surface area (Å²) < 4.78 is 69.0. The monoisotopic (exact) mass is 1590 g/mol. The summed E-state index contributed by atoms with van der Waals surface area (Å²) in [5.74, 6) is 0.248. The lowest BCUT2D eigenvalue weighted by Gasteiger charge is -2.21. The summed E-state index contributed by atoms with van der Waals surface area (Å²) >= 11 is 0. The molecule has 648 valence electrons. The van der Waals surface area contributed by atoms with E-state index in [1.807, 2.05) is 0 Å². The van der Waals surface area contributed by atoms with Gasteiger partial charge in [0.2, 0.25) is 0 Å². The standard InChI is InChI=1S/C90H176O17P2/c1-8-9-10-11-12-13-14-15-16-21-29-34-39-44-51-59-66-74-90(95)107-86(78-101-88(93)72-65-58-53-46-49-56-63-70-83(6)7)80-105-109(98,99)103-76-84(91)75-102-108(96,97)104-79-85(106-89(94)73-67-60-52-45-40-35-30-25-20-18-23-27-32-37-42-48-55-62-69-82(4)5)77-100-87(92)71-64-57-50-43-38-33-28-24-19-17-22-26-31-36-41-47-54-61-68-81(2)3/h81-86,91H,8-80H2,1-7H3,(H,96,97)(H,98,99)/t84-,85-,86-/m1/s1. The fourth-order valence-electron chi connectivity index (χ4n) is 14.1. The van der Waals surface area contributed by atoms with Crippen LogP contribution in [0, 0.1) is 17.8 Å². The number of phosphoric ester groups is 2. The summed E-state index contributed by atoms with van der Waals surface area (Å²) in [5.41, 5.74) is 0. The molecule has 2 unspecified atom stereocenters. The van der Waals surface area contributed by atoms with Gasteiger partial charge in [0.05, 0.1) is 26.4 Å². The average molecular weight is 1590 g/mol. The van der Waals surface area contributed by atoms with E-state index < -0.39 is 97.5 Å². The number of carbonyl (C=O) groups is 4. The predicted octanol–water partition coefficient (Wildman–Crippen LogP) is 27.6. The van der Waals surface area contributed by atoms with Crippen molar-refractivity contribution < 1.29 is 80.2 Å². The van der Waals surface area contributed by atoms with Gasteiger partial charge in [-0.25, -0.2) is 9.13 Å². The van der Waals surface area contributed by atoms with E-state index in [0.717, 1.165) is 108 Å². The molecule has 0 aromatic heterocycles. The Kier molecular flexibility index (Phi) is 78.5. The van der Waals surface area contributed by atoms with Crippen LogP contribution >= 0.6 is 15.6 Å². The second kappa shape index (κ2) is 79.9. The van der Waals surface area contributed by atoms with Gasteiger partial charge in [-0.05, 0) is 43.4 Å². The molecule has 3 N–H and O–H groups in total. The van der Waals surface area contributed by atoms with Crippen LogP contribution in [0.5, 0.6) is 0 Å². The molecule has 0 aliphatic heterocycles. The molecule has 17 nitrogen and oxygen atoms in total. The molecule has 0 bridgehead atoms. The number of phosphoric acid groups is 2. The van der Waals surface area contributed by atoms with Crippen LogP contribution in [0.4, 0.5) is 0 Å². The maximum Gasteiger partial charge on any atom is 0.472 e. The third kappa shape index (κ3) is 83.8. The first-order chi connectivity index (χ1) is 52.7. The highest BCUT2D eigenvalue weighted by atomic mass is 31.2. The van der Waals surface area contributed by atoms with Crippen LogP contribution in [0.2, 0.25) is 0 Å². The molecule has 0 radical (unpaired) electrons. The minimum Gasteiger partial charge on any atom is -0.462 e. The number of carbonyl (C=O) groups excluding carboxylic acids is 4. The lowest BCUT2D eigenvalue weighted by atomic mass is 10.0. The summed E-state index contributed by atoms with van der Waals surface area (Å²) in [6.45, 7) is 12.0. The maximum atomic E-state index is 13.2. The zero-order valence-corrected chi connectivity index (χ0v) is 73.8. The second-order valence-corrected chi connectivity index (χ2v) is 36.7. The van der Waals surface area contributed by atoms with E-state index in [-0.39, 0.29) is 25.7 Å². The molecule has 5 atom stereocenters. The zero-order valence-electron chi connectivity index (χ0n) is 72.0. The number of hydrogen-bond donors (Lipinski definition) is 3. The van der Waals surface area contributed by atoms with Gasteiger partial charge >= 0.3 is 39.5 Å². The molecule has 0 aliphatic rings. The van der Waals surface area contributed by atoms with Crippen LogP contribution < -0.4 is 0 Å². The van der Waals surface area contributed by atoms with Crippen molar-refractivity contribution in [2.45, 2.75) is 497 Å². The van der Waals surface area contributed by atoms with E-state index in [1.54, 1.807) is 0 Å². The van der Waals surface area contributed by atoms with E-state index in [1.165, 1.54) is 283 Å². The predicted molar refractivity (Wildman–Crippen MR) is 451 cm³/mol. The van der Waals surface area contributed by atoms with Gasteiger partial charge in [0.25, 0.3) is 0 Å². The molecule has 0 saturated carbocycles. The lowest BCUT2D eigenvalue weighted by molar-refractivity contribution is -0.161. The molecule has 0 aromatic rings. The molecule has 0 saturated heterocycles. The second-order valence-electron chi connectivity index (χ2n) is 33.8. The average Bonchev–Trinajstić information content (AvgIpc) is 0.892. The Morgan fingerprint density at radius 3 is 0.624 bits per heavy atom. The van der Waals surface area contributed by atoms with E-state index in [0.29, 0.717) is 31.6 Å². The first-order valence-corrected chi connectivity index (χ1v) is 49.3. The minimum absolute atomic E-state index is 0.108. The van der Waals surface area contributed by atoms with E-state index in [9.17, 15) is 43.2 Å². The molecule has 0 heterocycles. The molecule has 0 fully saturated rings. The fourth-order valence-corrected chi connectivity index (χ4v) is 15.7. The molecule has 0 amide bonds. The Bertz CT molecular complexity index is 2100. The van der Waals surface area contributed by atoms with Crippen LogP contribution in [0.15, 0.2) is 0 Å². The van der Waals surface area contributed by atoms with Crippen molar-refractivity contribution in [3.63, 3.8) is 0 Å². The first-order valence-electron chi connectivity index (χ1n) is 46.3. The number of ether oxygens (including phenoxy) is 4. The number of esters is 4. The third-order valence-corrected chi connectivity index (χ3v) is 23.0. The van der Waals surface area contributed by atoms with Gasteiger partial charge < -0.3 is 33.8 Å². The Labute approximate surface area is 670 Å². The molecule has 109 heavy (non-hydrogen) atoms. The van der Waals surface area contributed by atoms with Gasteiger partial charge in [-0.15, -0.1) is 0 Å². The number of hydrogen-bond acceptors (Lipinski definition) is 15. The smallest absolute Gasteiger partial charge is 0.462 e. The summed E-state index contributed by atoms with van der Waals surface area (Å²) in [6.07, 6.45) is 72.4. The fraction of sp³-hybridized carbons (Fsp3) is 0.956. The summed E-state index contributed by atoms with van der Waals surface area (Å²) in [4.78, 5) is 73.3. The van der Waals surface area contributed by atoms with E-state index in [4.69, 9.17) is 37.0 Å². The quantitative estimate of drug-likeness (QED) is 0.0222. The summed E-state index contributed by atoms with van der Waals surface area (Å²) in [6, 6.07) is 0. The van der Waals surface area contributed by atoms with Crippen LogP contribution in [-0.4, -0.2) is 96.7 Å². The van der Waals surface area contributed by atoms with Gasteiger partial charge in [-0.2, -0.15) is 0 Å². The van der Waals surface area contributed by atoms with Crippen LogP contribution in [0.3, 0.4) is 0 Å². The van der Waals surface area contributed by atoms with Gasteiger partial charge in [-0.3, -0.25) is 37.3 Å². The van der Waals surface area contributed by atoms with Crippen molar-refractivity contribution >= 4 is 39.5 Å². The molecular formula is C90H176O17P2. The number of unbranched alkanes of at least 4 members (excludes halogenated alkanes) is 56. The van der Waals surface area contributed by atoms with E-state index in [2.05, 4.69) is 48.5 Å². The van der Waals surface area contributed by atoms with Crippen molar-refractivity contribution in [3.8, 4) is 0 Å². The normalized spacial score (nSPS) is 13.8. The van der Waals surface area contributed by atoms with Crippen molar-refractivity contribution in [1.29, 1.82) is 0 Å². The Morgan fingerprint density at radius 1 is 0.248 bits per heavy atom. The van der Waals surface area contributed by atoms with Crippen LogP contribution in [0.1, 0.15) is 479 Å². The maximum absolute atomic E-state index is 13.2. The van der Waals surface area contributed by atoms with Crippen molar-refractivity contribution in [2.75, 3.05) is 39.6 Å². The highest BCUT2D eigenvalue weighted by molar-refractivity contribution is 7.47. The Morgan fingerprint density at radius 2 is 0.422 bits per heavy atom. The van der Waals surface area contributed by atoms with Gasteiger partial charge in [0.15, 0.2) is 12.2 Å². The highest BCUT2D eigenvalue weighted by Crippen LogP contribution is 2.45. The van der Waals surface area contributed by atoms with Crippen molar-refractivity contribution in [1.82, 2.24) is 0 Å². The third-order valence-electron chi connectivity index (χ3n) is 21.1. The Hall–Kier alpha value is -1.94. The SMILES string of the molecule is CCCCCCCCCCCCCCCCCCCC(=O)O[C@H](COC(=O)CCCCCCCCCC(C)C)COP(=O)(O)OC[C@H](O)COP(=O)(O)OC[C@@H](COC(=O)CCCCCCCCCCCCCCCCCCCCC(C)C)OC(=O)CCCCCCCCCCCCCCCCCCCCC(C)C. The Balaban J connectivity index is 5.22. The molecular weight excluding hydrogens is 1410 g/mol. The molecule has 0 aliphatic carbocycles. The number of rotatable bonds is 88.